The van der Waals surface area contributed by atoms with Crippen LogP contribution < -0.4 is 0 Å². The van der Waals surface area contributed by atoms with Gasteiger partial charge in [0.05, 0.1) is 26.4 Å². The zero-order chi connectivity index (χ0) is 76.0. The zero-order valence-corrected chi connectivity index (χ0v) is 66.7. The van der Waals surface area contributed by atoms with E-state index < -0.39 is 97.5 Å². The molecule has 0 aromatic rings. The number of rotatable bonds is 74. The number of carbonyl (C=O) groups excluding carboxylic acids is 4. The number of aliphatic hydroxyl groups is 1. The largest absolute Gasteiger partial charge is 0.472 e. The van der Waals surface area contributed by atoms with E-state index in [1.807, 2.05) is 0 Å². The van der Waals surface area contributed by atoms with E-state index >= 15 is 0 Å². The first kappa shape index (κ1) is 98.9. The Morgan fingerprint density at radius 2 is 0.519 bits per heavy atom. The van der Waals surface area contributed by atoms with Crippen molar-refractivity contribution < 1.29 is 80.2 Å². The highest BCUT2D eigenvalue weighted by Crippen LogP contribution is 2.45. The number of phosphoric ester groups is 2. The summed E-state index contributed by atoms with van der Waals surface area (Å²) in [6.07, 6.45) is 86.8. The lowest BCUT2D eigenvalue weighted by Gasteiger charge is -2.21. The third kappa shape index (κ3) is 75.2. The van der Waals surface area contributed by atoms with Crippen molar-refractivity contribution in [1.82, 2.24) is 0 Å². The molecule has 0 amide bonds. The Morgan fingerprint density at radius 1 is 0.279 bits per heavy atom. The van der Waals surface area contributed by atoms with Crippen LogP contribution in [-0.4, -0.2) is 96.7 Å². The zero-order valence-electron chi connectivity index (χ0n) is 64.9. The van der Waals surface area contributed by atoms with Gasteiger partial charge in [0.1, 0.15) is 19.3 Å². The smallest absolute Gasteiger partial charge is 0.462 e. The normalized spacial score (nSPS) is 14.6. The molecule has 5 unspecified atom stereocenters. The van der Waals surface area contributed by atoms with E-state index in [-0.39, 0.29) is 25.7 Å². The lowest BCUT2D eigenvalue weighted by molar-refractivity contribution is -0.161. The second-order valence-corrected chi connectivity index (χ2v) is 29.2. The van der Waals surface area contributed by atoms with Crippen LogP contribution in [0.15, 0.2) is 146 Å². The molecule has 0 bridgehead atoms. The van der Waals surface area contributed by atoms with E-state index in [0.717, 1.165) is 180 Å². The monoisotopic (exact) mass is 1500 g/mol. The van der Waals surface area contributed by atoms with Crippen LogP contribution in [0, 0.1) is 0 Å². The Labute approximate surface area is 630 Å². The summed E-state index contributed by atoms with van der Waals surface area (Å²) in [6, 6.07) is 0. The highest BCUT2D eigenvalue weighted by Gasteiger charge is 2.30. The number of phosphoric acid groups is 2. The van der Waals surface area contributed by atoms with Gasteiger partial charge in [-0.1, -0.05) is 289 Å². The van der Waals surface area contributed by atoms with E-state index in [9.17, 15) is 43.2 Å². The molecule has 0 spiro atoms. The summed E-state index contributed by atoms with van der Waals surface area (Å²) in [6.45, 7) is 4.50. The average Bonchev–Trinajstić information content (AvgIpc) is 0.913. The predicted octanol–water partition coefficient (Wildman–Crippen LogP) is 23.4. The van der Waals surface area contributed by atoms with Gasteiger partial charge in [-0.05, 0) is 141 Å². The van der Waals surface area contributed by atoms with E-state index in [1.165, 1.54) is 51.4 Å². The second kappa shape index (κ2) is 76.1. The number of unbranched alkanes of at least 4 members (excludes halogenated alkanes) is 24. The average molecular weight is 1500 g/mol. The molecule has 0 aliphatic heterocycles. The Balaban J connectivity index is 5.40. The summed E-state index contributed by atoms with van der Waals surface area (Å²) < 4.78 is 68.5. The number of allylic oxidation sites excluding steroid dienone is 24. The van der Waals surface area contributed by atoms with E-state index in [4.69, 9.17) is 37.0 Å². The highest BCUT2D eigenvalue weighted by atomic mass is 31.2. The van der Waals surface area contributed by atoms with Gasteiger partial charge in [-0.15, -0.1) is 0 Å². The summed E-state index contributed by atoms with van der Waals surface area (Å²) in [5.41, 5.74) is 0. The van der Waals surface area contributed by atoms with Crippen molar-refractivity contribution >= 4 is 39.5 Å². The number of hydrogen-bond acceptors (Lipinski definition) is 15. The molecule has 3 N–H and O–H groups in total. The van der Waals surface area contributed by atoms with Crippen LogP contribution in [-0.2, 0) is 65.4 Å². The Morgan fingerprint density at radius 3 is 0.817 bits per heavy atom. The van der Waals surface area contributed by atoms with Gasteiger partial charge in [0, 0.05) is 25.7 Å². The lowest BCUT2D eigenvalue weighted by Crippen LogP contribution is -2.30. The van der Waals surface area contributed by atoms with Crippen LogP contribution in [0.3, 0.4) is 0 Å². The van der Waals surface area contributed by atoms with Gasteiger partial charge < -0.3 is 33.8 Å². The fourth-order valence-corrected chi connectivity index (χ4v) is 11.8. The topological polar surface area (TPSA) is 237 Å². The Kier molecular flexibility index (Phi) is 72.4. The maximum absolute atomic E-state index is 13.1. The molecule has 0 heterocycles. The Bertz CT molecular complexity index is 2540. The summed E-state index contributed by atoms with van der Waals surface area (Å²) in [5, 5.41) is 10.6. The standard InChI is InChI=1S/C85H142O17P2/c1-5-9-13-17-21-25-29-33-35-37-39-41-43-47-49-53-57-61-65-69-82(87)95-75-80(101-84(89)71-67-63-59-55-51-45-31-27-23-19-15-11-7-3)77-99-103(91,92)97-73-79(86)74-98-104(93,94)100-78-81(102-85(90)72-68-64-60-56-52-46-32-28-24-20-16-12-8-4)76-96-83(88)70-66-62-58-54-50-48-44-42-40-38-36-34-30-26-22-18-14-10-6-2/h9-10,13-15,19,21-22,25-27,31,33-36,39-42,47-50,79-81,86H,5-8,11-12,16-18,20,23-24,28-30,32,37-38,43-46,51-78H2,1-4H3,(H,91,92)(H,93,94)/b13-9-,14-10-,19-15-,25-21-,26-22-,31-27-,35-33-,36-34-,41-39-,42-40-,49-47-,50-48-. The number of esters is 4. The SMILES string of the molecule is CC/C=C\C/C=C\C/C=C\C/C=C\C/C=C\CCCCCC(=O)OCC(COP(=O)(O)OCC(O)COP(=O)(O)OCC(COC(=O)CCCCC/C=C\C/C=C\C/C=C\C/C=C\C/C=C\CC)OC(=O)CCCCCCCCCCCCCCC)OC(=O)CCCCCCC/C=C\C/C=C\CCC. The minimum absolute atomic E-state index is 0.0668. The molecule has 0 aliphatic rings. The molecule has 0 fully saturated rings. The minimum atomic E-state index is -4.99. The first-order chi connectivity index (χ1) is 50.7. The molecule has 19 heteroatoms. The van der Waals surface area contributed by atoms with Gasteiger partial charge in [0.2, 0.25) is 0 Å². The molecule has 5 atom stereocenters. The van der Waals surface area contributed by atoms with Crippen molar-refractivity contribution in [2.75, 3.05) is 39.6 Å². The third-order valence-corrected chi connectivity index (χ3v) is 18.2. The molecule has 17 nitrogen and oxygen atoms in total. The molecule has 594 valence electrons. The van der Waals surface area contributed by atoms with Crippen molar-refractivity contribution in [1.29, 1.82) is 0 Å². The Hall–Kier alpha value is -5.06. The third-order valence-electron chi connectivity index (χ3n) is 16.3. The lowest BCUT2D eigenvalue weighted by atomic mass is 10.0. The maximum atomic E-state index is 13.1. The maximum Gasteiger partial charge on any atom is 0.472 e. The fourth-order valence-electron chi connectivity index (χ4n) is 10.3. The summed E-state index contributed by atoms with van der Waals surface area (Å²) in [7, 11) is -9.98. The van der Waals surface area contributed by atoms with Crippen LogP contribution >= 0.6 is 15.6 Å². The van der Waals surface area contributed by atoms with Gasteiger partial charge in [-0.3, -0.25) is 37.3 Å². The van der Waals surface area contributed by atoms with Crippen molar-refractivity contribution in [3.63, 3.8) is 0 Å². The fraction of sp³-hybridized carbons (Fsp3) is 0.671. The molecular weight excluding hydrogens is 1350 g/mol. The number of carbonyl (C=O) groups is 4. The van der Waals surface area contributed by atoms with Crippen molar-refractivity contribution in [3.05, 3.63) is 146 Å². The van der Waals surface area contributed by atoms with Gasteiger partial charge >= 0.3 is 39.5 Å². The van der Waals surface area contributed by atoms with Gasteiger partial charge in [0.15, 0.2) is 12.2 Å². The highest BCUT2D eigenvalue weighted by molar-refractivity contribution is 7.47. The summed E-state index contributed by atoms with van der Waals surface area (Å²) in [4.78, 5) is 73.0. The first-order valence-electron chi connectivity index (χ1n) is 40.1. The molecule has 104 heavy (non-hydrogen) atoms. The van der Waals surface area contributed by atoms with Crippen molar-refractivity contribution in [2.45, 2.75) is 329 Å². The summed E-state index contributed by atoms with van der Waals surface area (Å²) >= 11 is 0. The quantitative estimate of drug-likeness (QED) is 0.0169. The van der Waals surface area contributed by atoms with Gasteiger partial charge in [0.25, 0.3) is 0 Å². The van der Waals surface area contributed by atoms with Crippen LogP contribution in [0.2, 0.25) is 0 Å². The number of ether oxygens (including phenoxy) is 4. The molecule has 0 aliphatic carbocycles. The van der Waals surface area contributed by atoms with Crippen molar-refractivity contribution in [2.24, 2.45) is 0 Å². The van der Waals surface area contributed by atoms with E-state index in [2.05, 4.69) is 174 Å². The van der Waals surface area contributed by atoms with Gasteiger partial charge in [-0.2, -0.15) is 0 Å². The minimum Gasteiger partial charge on any atom is -0.462 e. The van der Waals surface area contributed by atoms with Crippen LogP contribution in [0.25, 0.3) is 0 Å². The predicted molar refractivity (Wildman–Crippen MR) is 427 cm³/mol. The second-order valence-electron chi connectivity index (χ2n) is 26.2. The summed E-state index contributed by atoms with van der Waals surface area (Å²) in [5.74, 6) is -2.26. The van der Waals surface area contributed by atoms with Crippen molar-refractivity contribution in [3.8, 4) is 0 Å². The molecule has 0 radical (unpaired) electrons. The molecule has 0 aromatic heterocycles. The van der Waals surface area contributed by atoms with Crippen LogP contribution in [0.4, 0.5) is 0 Å². The van der Waals surface area contributed by atoms with E-state index in [0.29, 0.717) is 25.7 Å². The van der Waals surface area contributed by atoms with Crippen LogP contribution in [0.1, 0.15) is 310 Å². The molecule has 0 rings (SSSR count). The van der Waals surface area contributed by atoms with E-state index in [1.54, 1.807) is 0 Å². The van der Waals surface area contributed by atoms with Crippen LogP contribution in [0.5, 0.6) is 0 Å². The first-order valence-corrected chi connectivity index (χ1v) is 43.1. The van der Waals surface area contributed by atoms with Gasteiger partial charge in [-0.25, -0.2) is 9.13 Å². The number of aliphatic hydroxyl groups excluding tert-OH is 1. The molecule has 0 saturated heterocycles. The molecule has 0 saturated carbocycles. The molecular formula is C85H142O17P2. The number of hydrogen-bond donors (Lipinski definition) is 3. The molecule has 0 aromatic carbocycles.